The molecule has 0 saturated carbocycles. The fourth-order valence-corrected chi connectivity index (χ4v) is 2.60. The highest BCUT2D eigenvalue weighted by atomic mass is 79.9. The second kappa shape index (κ2) is 6.95. The molecule has 0 unspecified atom stereocenters. The van der Waals surface area contributed by atoms with Gasteiger partial charge in [-0.05, 0) is 52.3 Å². The van der Waals surface area contributed by atoms with Crippen LogP contribution in [0.5, 0.6) is 5.75 Å². The van der Waals surface area contributed by atoms with E-state index in [1.54, 1.807) is 25.3 Å². The van der Waals surface area contributed by atoms with Gasteiger partial charge in [0, 0.05) is 20.2 Å². The van der Waals surface area contributed by atoms with Crippen molar-refractivity contribution in [2.75, 3.05) is 12.8 Å². The van der Waals surface area contributed by atoms with Gasteiger partial charge in [-0.1, -0.05) is 15.9 Å². The number of halogens is 2. The number of esters is 1. The molecule has 2 N–H and O–H groups in total. The number of carbonyl (C=O) groups is 1. The fourth-order valence-electron chi connectivity index (χ4n) is 1.78. The largest absolute Gasteiger partial charge is 0.496 e. The summed E-state index contributed by atoms with van der Waals surface area (Å²) in [5.41, 5.74) is 7.36. The van der Waals surface area contributed by atoms with Crippen molar-refractivity contribution >= 4 is 43.5 Å². The first kappa shape index (κ1) is 15.9. The van der Waals surface area contributed by atoms with Crippen LogP contribution in [0.3, 0.4) is 0 Å². The molecular weight excluding hydrogens is 402 g/mol. The lowest BCUT2D eigenvalue weighted by atomic mass is 10.2. The van der Waals surface area contributed by atoms with Crippen molar-refractivity contribution in [2.45, 2.75) is 6.61 Å². The molecule has 0 aromatic heterocycles. The van der Waals surface area contributed by atoms with Crippen molar-refractivity contribution in [3.8, 4) is 5.75 Å². The molecule has 0 saturated heterocycles. The molecule has 0 radical (unpaired) electrons. The van der Waals surface area contributed by atoms with Crippen LogP contribution in [0.25, 0.3) is 0 Å². The lowest BCUT2D eigenvalue weighted by Gasteiger charge is -2.11. The Hall–Kier alpha value is -1.53. The molecule has 0 aliphatic carbocycles. The van der Waals surface area contributed by atoms with Crippen molar-refractivity contribution in [1.82, 2.24) is 0 Å². The van der Waals surface area contributed by atoms with E-state index in [9.17, 15) is 4.79 Å². The number of nitrogen functional groups attached to an aromatic ring is 1. The van der Waals surface area contributed by atoms with Gasteiger partial charge in [0.2, 0.25) is 0 Å². The van der Waals surface area contributed by atoms with Crippen molar-refractivity contribution in [2.24, 2.45) is 0 Å². The molecule has 0 aliphatic rings. The molecule has 2 rings (SSSR count). The highest BCUT2D eigenvalue weighted by molar-refractivity contribution is 9.10. The average molecular weight is 415 g/mol. The third kappa shape index (κ3) is 3.98. The normalized spacial score (nSPS) is 10.2. The molecule has 21 heavy (non-hydrogen) atoms. The van der Waals surface area contributed by atoms with Crippen LogP contribution in [0.4, 0.5) is 5.69 Å². The average Bonchev–Trinajstić information content (AvgIpc) is 2.47. The van der Waals surface area contributed by atoms with E-state index in [0.29, 0.717) is 21.5 Å². The Labute approximate surface area is 139 Å². The molecule has 0 amide bonds. The standard InChI is InChI=1S/C15H13Br2NO3/c1-20-14-5-2-10(16)6-9(14)8-21-15(19)12-7-11(18)3-4-13(12)17/h2-7H,8,18H2,1H3. The summed E-state index contributed by atoms with van der Waals surface area (Å²) >= 11 is 6.69. The zero-order valence-electron chi connectivity index (χ0n) is 11.2. The highest BCUT2D eigenvalue weighted by Gasteiger charge is 2.13. The Balaban J connectivity index is 2.14. The molecule has 110 valence electrons. The van der Waals surface area contributed by atoms with Crippen molar-refractivity contribution in [3.05, 3.63) is 56.5 Å². The Bertz CT molecular complexity index is 674. The Morgan fingerprint density at radius 3 is 2.67 bits per heavy atom. The molecule has 4 nitrogen and oxygen atoms in total. The van der Waals surface area contributed by atoms with Gasteiger partial charge >= 0.3 is 5.97 Å². The minimum Gasteiger partial charge on any atom is -0.496 e. The van der Waals surface area contributed by atoms with E-state index < -0.39 is 5.97 Å². The third-order valence-electron chi connectivity index (χ3n) is 2.81. The van der Waals surface area contributed by atoms with Gasteiger partial charge in [-0.25, -0.2) is 4.79 Å². The second-order valence-corrected chi connectivity index (χ2v) is 6.04. The molecule has 0 aliphatic heterocycles. The molecule has 2 aromatic carbocycles. The number of methoxy groups -OCH3 is 1. The first-order valence-electron chi connectivity index (χ1n) is 6.06. The summed E-state index contributed by atoms with van der Waals surface area (Å²) in [7, 11) is 1.57. The number of nitrogens with two attached hydrogens (primary N) is 1. The molecule has 0 fully saturated rings. The minimum atomic E-state index is -0.448. The van der Waals surface area contributed by atoms with Crippen LogP contribution in [0.15, 0.2) is 45.3 Å². The quantitative estimate of drug-likeness (QED) is 0.602. The SMILES string of the molecule is COc1ccc(Br)cc1COC(=O)c1cc(N)ccc1Br. The highest BCUT2D eigenvalue weighted by Crippen LogP contribution is 2.25. The third-order valence-corrected chi connectivity index (χ3v) is 4.00. The van der Waals surface area contributed by atoms with E-state index in [1.807, 2.05) is 18.2 Å². The van der Waals surface area contributed by atoms with Crippen LogP contribution >= 0.6 is 31.9 Å². The van der Waals surface area contributed by atoms with Gasteiger partial charge in [-0.3, -0.25) is 0 Å². The van der Waals surface area contributed by atoms with Crippen LogP contribution in [-0.2, 0) is 11.3 Å². The maximum atomic E-state index is 12.1. The Morgan fingerprint density at radius 2 is 1.95 bits per heavy atom. The molecule has 2 aromatic rings. The van der Waals surface area contributed by atoms with Crippen LogP contribution in [0, 0.1) is 0 Å². The van der Waals surface area contributed by atoms with Gasteiger partial charge in [-0.2, -0.15) is 0 Å². The molecular formula is C15H13Br2NO3. The summed E-state index contributed by atoms with van der Waals surface area (Å²) in [6, 6.07) is 10.5. The summed E-state index contributed by atoms with van der Waals surface area (Å²) in [5, 5.41) is 0. The first-order valence-corrected chi connectivity index (χ1v) is 7.64. The van der Waals surface area contributed by atoms with E-state index in [0.717, 1.165) is 10.0 Å². The number of hydrogen-bond acceptors (Lipinski definition) is 4. The van der Waals surface area contributed by atoms with Crippen molar-refractivity contribution in [3.63, 3.8) is 0 Å². The first-order chi connectivity index (χ1) is 10.0. The number of ether oxygens (including phenoxy) is 2. The lowest BCUT2D eigenvalue weighted by Crippen LogP contribution is -2.07. The summed E-state index contributed by atoms with van der Waals surface area (Å²) < 4.78 is 12.1. The molecule has 0 bridgehead atoms. The topological polar surface area (TPSA) is 61.5 Å². The van der Waals surface area contributed by atoms with Gasteiger partial charge in [0.05, 0.1) is 12.7 Å². The van der Waals surface area contributed by atoms with E-state index in [1.165, 1.54) is 0 Å². The lowest BCUT2D eigenvalue weighted by molar-refractivity contribution is 0.0469. The van der Waals surface area contributed by atoms with E-state index in [-0.39, 0.29) is 6.61 Å². The summed E-state index contributed by atoms with van der Waals surface area (Å²) in [4.78, 5) is 12.1. The van der Waals surface area contributed by atoms with Crippen LogP contribution in [-0.4, -0.2) is 13.1 Å². The zero-order chi connectivity index (χ0) is 15.4. The second-order valence-electron chi connectivity index (χ2n) is 4.27. The maximum absolute atomic E-state index is 12.1. The number of anilines is 1. The molecule has 0 atom stereocenters. The van der Waals surface area contributed by atoms with Gasteiger partial charge in [0.25, 0.3) is 0 Å². The maximum Gasteiger partial charge on any atom is 0.339 e. The van der Waals surface area contributed by atoms with Gasteiger partial charge in [0.1, 0.15) is 12.4 Å². The van der Waals surface area contributed by atoms with Gasteiger partial charge in [0.15, 0.2) is 0 Å². The predicted octanol–water partition coefficient (Wildman–Crippen LogP) is 4.16. The summed E-state index contributed by atoms with van der Waals surface area (Å²) in [5.74, 6) is 0.217. The number of rotatable bonds is 4. The van der Waals surface area contributed by atoms with E-state index in [2.05, 4.69) is 31.9 Å². The van der Waals surface area contributed by atoms with Gasteiger partial charge in [-0.15, -0.1) is 0 Å². The Morgan fingerprint density at radius 1 is 1.19 bits per heavy atom. The molecule has 0 heterocycles. The van der Waals surface area contributed by atoms with Crippen LogP contribution in [0.2, 0.25) is 0 Å². The van der Waals surface area contributed by atoms with Crippen molar-refractivity contribution in [1.29, 1.82) is 0 Å². The van der Waals surface area contributed by atoms with Crippen LogP contribution < -0.4 is 10.5 Å². The van der Waals surface area contributed by atoms with Gasteiger partial charge < -0.3 is 15.2 Å². The summed E-state index contributed by atoms with van der Waals surface area (Å²) in [6.45, 7) is 0.114. The summed E-state index contributed by atoms with van der Waals surface area (Å²) in [6.07, 6.45) is 0. The van der Waals surface area contributed by atoms with Crippen LogP contribution in [0.1, 0.15) is 15.9 Å². The monoisotopic (exact) mass is 413 g/mol. The van der Waals surface area contributed by atoms with E-state index >= 15 is 0 Å². The number of benzene rings is 2. The minimum absolute atomic E-state index is 0.114. The van der Waals surface area contributed by atoms with Crippen molar-refractivity contribution < 1.29 is 14.3 Å². The molecule has 0 spiro atoms. The fraction of sp³-hybridized carbons (Fsp3) is 0.133. The zero-order valence-corrected chi connectivity index (χ0v) is 14.4. The predicted molar refractivity (Wildman–Crippen MR) is 88.4 cm³/mol. The Kier molecular flexibility index (Phi) is 5.25. The number of hydrogen-bond donors (Lipinski definition) is 1. The van der Waals surface area contributed by atoms with E-state index in [4.69, 9.17) is 15.2 Å². The smallest absolute Gasteiger partial charge is 0.339 e. The number of carbonyl (C=O) groups excluding carboxylic acids is 1. The molecule has 6 heteroatoms.